The van der Waals surface area contributed by atoms with E-state index in [4.69, 9.17) is 14.6 Å². The lowest BCUT2D eigenvalue weighted by molar-refractivity contribution is -0.139. The lowest BCUT2D eigenvalue weighted by Crippen LogP contribution is -2.10. The fourth-order valence-electron chi connectivity index (χ4n) is 3.07. The predicted molar refractivity (Wildman–Crippen MR) is 110 cm³/mol. The summed E-state index contributed by atoms with van der Waals surface area (Å²) < 4.78 is 63.6. The molecule has 0 bridgehead atoms. The molecule has 0 spiro atoms. The smallest absolute Gasteiger partial charge is 0.416 e. The minimum absolute atomic E-state index is 0.0845. The standard InChI is InChI=1S/C24H17F4NO4/c1-14-10-18(7-9-21(14)32-13-23(30)31)33-22(12-29)19-11-16(4-8-20(19)25)15-2-5-17(6-3-15)24(26,27)28/h2-11,22H,13H2,1H3,(H,30,31). The summed E-state index contributed by atoms with van der Waals surface area (Å²) in [5.74, 6) is -1.31. The molecular formula is C24H17F4NO4. The molecule has 33 heavy (non-hydrogen) atoms. The number of carbonyl (C=O) groups is 1. The van der Waals surface area contributed by atoms with Crippen LogP contribution in [-0.2, 0) is 11.0 Å². The highest BCUT2D eigenvalue weighted by Crippen LogP contribution is 2.33. The molecule has 9 heteroatoms. The molecule has 1 atom stereocenters. The Bertz CT molecular complexity index is 1200. The van der Waals surface area contributed by atoms with Gasteiger partial charge in [0, 0.05) is 5.56 Å². The molecule has 3 aromatic carbocycles. The maximum Gasteiger partial charge on any atom is 0.416 e. The number of hydrogen-bond acceptors (Lipinski definition) is 4. The number of carboxylic acids is 1. The summed E-state index contributed by atoms with van der Waals surface area (Å²) >= 11 is 0. The van der Waals surface area contributed by atoms with E-state index in [-0.39, 0.29) is 11.3 Å². The van der Waals surface area contributed by atoms with E-state index in [1.54, 1.807) is 6.92 Å². The zero-order chi connectivity index (χ0) is 24.2. The average molecular weight is 459 g/mol. The molecule has 0 heterocycles. The molecule has 0 aliphatic rings. The van der Waals surface area contributed by atoms with Crippen molar-refractivity contribution in [3.63, 3.8) is 0 Å². The Hall–Kier alpha value is -4.06. The molecule has 0 aliphatic heterocycles. The summed E-state index contributed by atoms with van der Waals surface area (Å²) in [5, 5.41) is 18.3. The topological polar surface area (TPSA) is 79.5 Å². The van der Waals surface area contributed by atoms with E-state index in [2.05, 4.69) is 0 Å². The third kappa shape index (κ3) is 5.80. The van der Waals surface area contributed by atoms with Gasteiger partial charge in [0.1, 0.15) is 23.4 Å². The normalized spacial score (nSPS) is 12.0. The third-order valence-electron chi connectivity index (χ3n) is 4.69. The van der Waals surface area contributed by atoms with Crippen LogP contribution in [0.2, 0.25) is 0 Å². The molecule has 0 aromatic heterocycles. The van der Waals surface area contributed by atoms with Crippen LogP contribution in [-0.4, -0.2) is 17.7 Å². The number of nitrogens with zero attached hydrogens (tertiary/aromatic N) is 1. The van der Waals surface area contributed by atoms with E-state index in [0.29, 0.717) is 22.4 Å². The van der Waals surface area contributed by atoms with Crippen LogP contribution in [0.5, 0.6) is 11.5 Å². The first-order chi connectivity index (χ1) is 15.6. The fourth-order valence-corrected chi connectivity index (χ4v) is 3.07. The van der Waals surface area contributed by atoms with Crippen molar-refractivity contribution in [2.75, 3.05) is 6.61 Å². The van der Waals surface area contributed by atoms with E-state index < -0.39 is 36.2 Å². The van der Waals surface area contributed by atoms with E-state index in [9.17, 15) is 27.6 Å². The van der Waals surface area contributed by atoms with Gasteiger partial charge in [0.15, 0.2) is 6.61 Å². The first kappa shape index (κ1) is 23.6. The largest absolute Gasteiger partial charge is 0.482 e. The Labute approximate surface area is 186 Å². The van der Waals surface area contributed by atoms with Crippen molar-refractivity contribution in [2.24, 2.45) is 0 Å². The first-order valence-corrected chi connectivity index (χ1v) is 9.57. The van der Waals surface area contributed by atoms with E-state index >= 15 is 0 Å². The van der Waals surface area contributed by atoms with Crippen LogP contribution < -0.4 is 9.47 Å². The highest BCUT2D eigenvalue weighted by molar-refractivity contribution is 5.68. The number of ether oxygens (including phenoxy) is 2. The lowest BCUT2D eigenvalue weighted by atomic mass is 9.99. The molecule has 0 saturated heterocycles. The van der Waals surface area contributed by atoms with Crippen molar-refractivity contribution in [1.29, 1.82) is 5.26 Å². The SMILES string of the molecule is Cc1cc(OC(C#N)c2cc(-c3ccc(C(F)(F)F)cc3)ccc2F)ccc1OCC(=O)O. The second-order valence-electron chi connectivity index (χ2n) is 7.05. The Morgan fingerprint density at radius 2 is 1.73 bits per heavy atom. The zero-order valence-electron chi connectivity index (χ0n) is 17.2. The van der Waals surface area contributed by atoms with Gasteiger partial charge in [0.05, 0.1) is 5.56 Å². The van der Waals surface area contributed by atoms with Gasteiger partial charge in [-0.3, -0.25) is 0 Å². The van der Waals surface area contributed by atoms with Gasteiger partial charge in [0.25, 0.3) is 0 Å². The van der Waals surface area contributed by atoms with Crippen molar-refractivity contribution < 1.29 is 36.9 Å². The highest BCUT2D eigenvalue weighted by atomic mass is 19.4. The summed E-state index contributed by atoms with van der Waals surface area (Å²) in [6.45, 7) is 1.13. The van der Waals surface area contributed by atoms with Crippen molar-refractivity contribution in [3.05, 3.63) is 83.2 Å². The van der Waals surface area contributed by atoms with Crippen LogP contribution in [0.4, 0.5) is 17.6 Å². The Morgan fingerprint density at radius 3 is 2.30 bits per heavy atom. The minimum atomic E-state index is -4.47. The predicted octanol–water partition coefficient (Wildman–Crippen LogP) is 5.93. The lowest BCUT2D eigenvalue weighted by Gasteiger charge is -2.16. The summed E-state index contributed by atoms with van der Waals surface area (Å²) in [4.78, 5) is 10.6. The van der Waals surface area contributed by atoms with Gasteiger partial charge in [0.2, 0.25) is 6.10 Å². The van der Waals surface area contributed by atoms with Crippen LogP contribution in [0.15, 0.2) is 60.7 Å². The molecular weight excluding hydrogens is 442 g/mol. The number of hydrogen-bond donors (Lipinski definition) is 1. The maximum atomic E-state index is 14.5. The highest BCUT2D eigenvalue weighted by Gasteiger charge is 2.30. The van der Waals surface area contributed by atoms with Gasteiger partial charge in [-0.15, -0.1) is 0 Å². The summed E-state index contributed by atoms with van der Waals surface area (Å²) in [6.07, 6.45) is -5.82. The first-order valence-electron chi connectivity index (χ1n) is 9.57. The molecule has 3 aromatic rings. The van der Waals surface area contributed by atoms with Gasteiger partial charge >= 0.3 is 12.1 Å². The monoisotopic (exact) mass is 459 g/mol. The molecule has 0 aliphatic carbocycles. The van der Waals surface area contributed by atoms with Crippen LogP contribution in [0.25, 0.3) is 11.1 Å². The number of alkyl halides is 3. The quantitative estimate of drug-likeness (QED) is 0.443. The second-order valence-corrected chi connectivity index (χ2v) is 7.05. The summed E-state index contributed by atoms with van der Waals surface area (Å²) in [6, 6.07) is 14.5. The number of nitriles is 1. The van der Waals surface area contributed by atoms with Crippen LogP contribution >= 0.6 is 0 Å². The van der Waals surface area contributed by atoms with Crippen LogP contribution in [0.1, 0.15) is 22.8 Å². The van der Waals surface area contributed by atoms with E-state index in [1.807, 2.05) is 6.07 Å². The molecule has 170 valence electrons. The Kier molecular flexibility index (Phi) is 6.87. The van der Waals surface area contributed by atoms with Crippen molar-refractivity contribution in [1.82, 2.24) is 0 Å². The molecule has 1 unspecified atom stereocenters. The minimum Gasteiger partial charge on any atom is -0.482 e. The van der Waals surface area contributed by atoms with Crippen molar-refractivity contribution >= 4 is 5.97 Å². The van der Waals surface area contributed by atoms with E-state index in [0.717, 1.165) is 18.2 Å². The van der Waals surface area contributed by atoms with Crippen LogP contribution in [0, 0.1) is 24.1 Å². The molecule has 0 saturated carbocycles. The summed E-state index contributed by atoms with van der Waals surface area (Å²) in [5.41, 5.74) is 0.482. The average Bonchev–Trinajstić information content (AvgIpc) is 2.77. The van der Waals surface area contributed by atoms with Crippen molar-refractivity contribution in [3.8, 4) is 28.7 Å². The number of halogens is 4. The van der Waals surface area contributed by atoms with Gasteiger partial charge < -0.3 is 14.6 Å². The summed E-state index contributed by atoms with van der Waals surface area (Å²) in [7, 11) is 0. The molecule has 1 N–H and O–H groups in total. The number of benzene rings is 3. The van der Waals surface area contributed by atoms with E-state index in [1.165, 1.54) is 42.5 Å². The molecule has 0 amide bonds. The number of rotatable bonds is 7. The van der Waals surface area contributed by atoms with Gasteiger partial charge in [-0.25, -0.2) is 9.18 Å². The number of aliphatic carboxylic acids is 1. The van der Waals surface area contributed by atoms with Gasteiger partial charge in [-0.05, 0) is 66.1 Å². The van der Waals surface area contributed by atoms with Crippen molar-refractivity contribution in [2.45, 2.75) is 19.2 Å². The maximum absolute atomic E-state index is 14.5. The number of carboxylic acid groups (broad SMARTS) is 1. The fraction of sp³-hybridized carbons (Fsp3) is 0.167. The van der Waals surface area contributed by atoms with Gasteiger partial charge in [-0.2, -0.15) is 18.4 Å². The second kappa shape index (κ2) is 9.61. The third-order valence-corrected chi connectivity index (χ3v) is 4.69. The Balaban J connectivity index is 1.85. The molecule has 3 rings (SSSR count). The number of aryl methyl sites for hydroxylation is 1. The molecule has 0 fully saturated rings. The molecule has 5 nitrogen and oxygen atoms in total. The molecule has 0 radical (unpaired) electrons. The van der Waals surface area contributed by atoms with Crippen LogP contribution in [0.3, 0.4) is 0 Å². The Morgan fingerprint density at radius 1 is 1.06 bits per heavy atom. The van der Waals surface area contributed by atoms with Gasteiger partial charge in [-0.1, -0.05) is 18.2 Å². The zero-order valence-corrected chi connectivity index (χ0v) is 17.2.